The Balaban J connectivity index is 1.78. The molecule has 2 N–H and O–H groups in total. The summed E-state index contributed by atoms with van der Waals surface area (Å²) >= 11 is 5.81. The molecule has 0 spiro atoms. The Labute approximate surface area is 127 Å². The highest BCUT2D eigenvalue weighted by atomic mass is 35.5. The van der Waals surface area contributed by atoms with Crippen LogP contribution in [-0.2, 0) is 11.2 Å². The minimum atomic E-state index is -0.560. The summed E-state index contributed by atoms with van der Waals surface area (Å²) in [5, 5.41) is 13.5. The quantitative estimate of drug-likeness (QED) is 0.879. The first-order chi connectivity index (χ1) is 10.1. The first kappa shape index (κ1) is 13.7. The molecule has 2 aromatic carbocycles. The van der Waals surface area contributed by atoms with E-state index in [9.17, 15) is 9.90 Å². The fourth-order valence-electron chi connectivity index (χ4n) is 2.43. The van der Waals surface area contributed by atoms with E-state index < -0.39 is 5.92 Å². The molecule has 0 radical (unpaired) electrons. The second kappa shape index (κ2) is 5.62. The van der Waals surface area contributed by atoms with E-state index in [-0.39, 0.29) is 11.7 Å². The lowest BCUT2D eigenvalue weighted by molar-refractivity contribution is -0.119. The third kappa shape index (κ3) is 2.93. The Hall–Kier alpha value is -2.26. The normalized spacial score (nSPS) is 16.8. The highest BCUT2D eigenvalue weighted by molar-refractivity contribution is 6.30. The van der Waals surface area contributed by atoms with E-state index in [1.807, 2.05) is 24.3 Å². The smallest absolute Gasteiger partial charge is 0.235 e. The summed E-state index contributed by atoms with van der Waals surface area (Å²) in [7, 11) is 0. The van der Waals surface area contributed by atoms with Crippen LogP contribution in [-0.4, -0.2) is 11.0 Å². The number of hydrogen-bond donors (Lipinski definition) is 2. The van der Waals surface area contributed by atoms with Gasteiger partial charge in [-0.3, -0.25) is 4.79 Å². The summed E-state index contributed by atoms with van der Waals surface area (Å²) in [6.07, 6.45) is 2.16. The van der Waals surface area contributed by atoms with Crippen molar-refractivity contribution in [3.05, 3.63) is 70.4 Å². The molecule has 106 valence electrons. The topological polar surface area (TPSA) is 49.3 Å². The fourth-order valence-corrected chi connectivity index (χ4v) is 2.56. The highest BCUT2D eigenvalue weighted by Crippen LogP contribution is 2.28. The van der Waals surface area contributed by atoms with Gasteiger partial charge in [-0.1, -0.05) is 35.9 Å². The van der Waals surface area contributed by atoms with E-state index in [0.717, 1.165) is 11.1 Å². The number of hydrogen-bond acceptors (Lipinski definition) is 2. The Morgan fingerprint density at radius 2 is 1.86 bits per heavy atom. The molecule has 3 nitrogen and oxygen atoms in total. The number of carbonyl (C=O) groups excluding carboxylic acids is 1. The van der Waals surface area contributed by atoms with Gasteiger partial charge in [-0.15, -0.1) is 0 Å². The lowest BCUT2D eigenvalue weighted by Crippen LogP contribution is -2.28. The van der Waals surface area contributed by atoms with Gasteiger partial charge in [-0.25, -0.2) is 0 Å². The average molecular weight is 300 g/mol. The second-order valence-corrected chi connectivity index (χ2v) is 5.46. The maximum Gasteiger partial charge on any atom is 0.235 e. The number of nitrogens with one attached hydrogen (secondary N) is 1. The fraction of sp³-hybridized carbons (Fsp3) is 0.118. The first-order valence-corrected chi connectivity index (χ1v) is 7.06. The Bertz CT molecular complexity index is 707. The third-order valence-electron chi connectivity index (χ3n) is 3.57. The molecule has 0 heterocycles. The maximum atomic E-state index is 12.3. The van der Waals surface area contributed by atoms with E-state index in [2.05, 4.69) is 5.32 Å². The molecule has 1 unspecified atom stereocenters. The monoisotopic (exact) mass is 299 g/mol. The van der Waals surface area contributed by atoms with Crippen LogP contribution < -0.4 is 5.32 Å². The zero-order valence-electron chi connectivity index (χ0n) is 11.2. The molecule has 1 aliphatic carbocycles. The van der Waals surface area contributed by atoms with Gasteiger partial charge in [0.05, 0.1) is 5.92 Å². The number of rotatable bonds is 2. The van der Waals surface area contributed by atoms with Crippen LogP contribution in [0.1, 0.15) is 11.1 Å². The van der Waals surface area contributed by atoms with E-state index in [1.165, 1.54) is 0 Å². The largest absolute Gasteiger partial charge is 0.511 e. The number of fused-ring (bicyclic) bond motifs is 1. The van der Waals surface area contributed by atoms with Gasteiger partial charge in [-0.05, 0) is 47.9 Å². The summed E-state index contributed by atoms with van der Waals surface area (Å²) in [6, 6.07) is 14.6. The zero-order chi connectivity index (χ0) is 14.8. The van der Waals surface area contributed by atoms with Gasteiger partial charge in [0.15, 0.2) is 0 Å². The molecule has 0 saturated carbocycles. The van der Waals surface area contributed by atoms with Crippen molar-refractivity contribution >= 4 is 29.3 Å². The van der Waals surface area contributed by atoms with Crippen molar-refractivity contribution < 1.29 is 9.90 Å². The Morgan fingerprint density at radius 1 is 1.14 bits per heavy atom. The molecule has 2 aromatic rings. The van der Waals surface area contributed by atoms with Crippen LogP contribution in [0.3, 0.4) is 0 Å². The number of aliphatic hydroxyl groups is 1. The van der Waals surface area contributed by atoms with Crippen LogP contribution >= 0.6 is 11.6 Å². The summed E-state index contributed by atoms with van der Waals surface area (Å²) in [5.41, 5.74) is 2.69. The third-order valence-corrected chi connectivity index (χ3v) is 3.82. The SMILES string of the molecule is O=C(Nc1ccc(Cl)cc1)C1Cc2ccccc2C=C1O. The van der Waals surface area contributed by atoms with Crippen molar-refractivity contribution in [1.29, 1.82) is 0 Å². The van der Waals surface area contributed by atoms with E-state index in [4.69, 9.17) is 11.6 Å². The summed E-state index contributed by atoms with van der Waals surface area (Å²) in [6.45, 7) is 0. The van der Waals surface area contributed by atoms with E-state index in [0.29, 0.717) is 17.1 Å². The van der Waals surface area contributed by atoms with E-state index in [1.54, 1.807) is 30.3 Å². The Kier molecular flexibility index (Phi) is 3.67. The van der Waals surface area contributed by atoms with Crippen molar-refractivity contribution in [2.24, 2.45) is 5.92 Å². The molecule has 1 amide bonds. The van der Waals surface area contributed by atoms with Gasteiger partial charge in [0.2, 0.25) is 5.91 Å². The number of amides is 1. The van der Waals surface area contributed by atoms with Crippen molar-refractivity contribution in [2.75, 3.05) is 5.32 Å². The van der Waals surface area contributed by atoms with Crippen molar-refractivity contribution in [2.45, 2.75) is 6.42 Å². The van der Waals surface area contributed by atoms with Gasteiger partial charge in [0.1, 0.15) is 5.76 Å². The zero-order valence-corrected chi connectivity index (χ0v) is 12.0. The van der Waals surface area contributed by atoms with Crippen molar-refractivity contribution in [3.8, 4) is 0 Å². The van der Waals surface area contributed by atoms with Gasteiger partial charge in [-0.2, -0.15) is 0 Å². The van der Waals surface area contributed by atoms with Gasteiger partial charge < -0.3 is 10.4 Å². The molecule has 4 heteroatoms. The van der Waals surface area contributed by atoms with Crippen molar-refractivity contribution in [3.63, 3.8) is 0 Å². The highest BCUT2D eigenvalue weighted by Gasteiger charge is 2.27. The number of carbonyl (C=O) groups is 1. The molecule has 0 aromatic heterocycles. The van der Waals surface area contributed by atoms with Crippen LogP contribution in [0.5, 0.6) is 0 Å². The molecule has 1 atom stereocenters. The molecular formula is C17H14ClNO2. The second-order valence-electron chi connectivity index (χ2n) is 5.02. The number of halogens is 1. The predicted molar refractivity (Wildman–Crippen MR) is 84.3 cm³/mol. The minimum absolute atomic E-state index is 0.0974. The van der Waals surface area contributed by atoms with Crippen molar-refractivity contribution in [1.82, 2.24) is 0 Å². The molecular weight excluding hydrogens is 286 g/mol. The summed E-state index contributed by atoms with van der Waals surface area (Å²) in [5.74, 6) is -0.684. The van der Waals surface area contributed by atoms with Crippen LogP contribution in [0.25, 0.3) is 6.08 Å². The van der Waals surface area contributed by atoms with Gasteiger partial charge in [0, 0.05) is 10.7 Å². The molecule has 0 fully saturated rings. The lowest BCUT2D eigenvalue weighted by atomic mass is 9.87. The molecule has 3 rings (SSSR count). The predicted octanol–water partition coefficient (Wildman–Crippen LogP) is 4.05. The number of benzene rings is 2. The summed E-state index contributed by atoms with van der Waals surface area (Å²) in [4.78, 5) is 12.3. The van der Waals surface area contributed by atoms with Crippen LogP contribution in [0, 0.1) is 5.92 Å². The number of aliphatic hydroxyl groups excluding tert-OH is 1. The minimum Gasteiger partial charge on any atom is -0.511 e. The van der Waals surface area contributed by atoms with E-state index >= 15 is 0 Å². The molecule has 0 saturated heterocycles. The van der Waals surface area contributed by atoms with Crippen LogP contribution in [0.4, 0.5) is 5.69 Å². The summed E-state index contributed by atoms with van der Waals surface area (Å²) < 4.78 is 0. The van der Waals surface area contributed by atoms with Gasteiger partial charge >= 0.3 is 0 Å². The Morgan fingerprint density at radius 3 is 2.62 bits per heavy atom. The molecule has 0 aliphatic heterocycles. The standard InChI is InChI=1S/C17H14ClNO2/c18-13-5-7-14(8-6-13)19-17(21)15-9-11-3-1-2-4-12(11)10-16(15)20/h1-8,10,15,20H,9H2,(H,19,21). The number of anilines is 1. The molecule has 21 heavy (non-hydrogen) atoms. The maximum absolute atomic E-state index is 12.3. The molecule has 1 aliphatic rings. The van der Waals surface area contributed by atoms with Crippen LogP contribution in [0.2, 0.25) is 5.02 Å². The lowest BCUT2D eigenvalue weighted by Gasteiger charge is -2.21. The average Bonchev–Trinajstić information content (AvgIpc) is 2.49. The van der Waals surface area contributed by atoms with Gasteiger partial charge in [0.25, 0.3) is 0 Å². The first-order valence-electron chi connectivity index (χ1n) is 6.68. The molecule has 0 bridgehead atoms. The van der Waals surface area contributed by atoms with Crippen LogP contribution in [0.15, 0.2) is 54.3 Å².